The van der Waals surface area contributed by atoms with Gasteiger partial charge in [0.2, 0.25) is 0 Å². The predicted octanol–water partition coefficient (Wildman–Crippen LogP) is 1.45. The van der Waals surface area contributed by atoms with E-state index in [9.17, 15) is 5.11 Å². The zero-order valence-electron chi connectivity index (χ0n) is 9.72. The highest BCUT2D eigenvalue weighted by Crippen LogP contribution is 2.27. The molecule has 3 nitrogen and oxygen atoms in total. The molecule has 0 aliphatic carbocycles. The molecule has 1 aromatic carbocycles. The molecule has 3 heteroatoms. The van der Waals surface area contributed by atoms with Crippen molar-refractivity contribution in [1.29, 1.82) is 0 Å². The van der Waals surface area contributed by atoms with Gasteiger partial charge in [-0.1, -0.05) is 18.2 Å². The summed E-state index contributed by atoms with van der Waals surface area (Å²) in [6, 6.07) is 8.39. The first kappa shape index (κ1) is 11.4. The van der Waals surface area contributed by atoms with Gasteiger partial charge in [-0.15, -0.1) is 0 Å². The van der Waals surface area contributed by atoms with Crippen molar-refractivity contribution in [3.05, 3.63) is 29.8 Å². The highest BCUT2D eigenvalue weighted by Gasteiger charge is 2.20. The molecule has 1 aliphatic heterocycles. The lowest BCUT2D eigenvalue weighted by atomic mass is 10.2. The van der Waals surface area contributed by atoms with Gasteiger partial charge < -0.3 is 14.7 Å². The van der Waals surface area contributed by atoms with Crippen LogP contribution in [0.2, 0.25) is 0 Å². The smallest absolute Gasteiger partial charge is 0.0947 e. The lowest BCUT2D eigenvalue weighted by molar-refractivity contribution is 0.0465. The highest BCUT2D eigenvalue weighted by atomic mass is 16.5. The van der Waals surface area contributed by atoms with Gasteiger partial charge in [-0.2, -0.15) is 0 Å². The summed E-state index contributed by atoms with van der Waals surface area (Å²) < 4.78 is 5.22. The zero-order valence-corrected chi connectivity index (χ0v) is 9.72. The molecule has 0 saturated heterocycles. The molecule has 1 aliphatic rings. The molecular weight excluding hydrogens is 202 g/mol. The maximum Gasteiger partial charge on any atom is 0.0947 e. The second-order valence-electron chi connectivity index (χ2n) is 4.14. The van der Waals surface area contributed by atoms with Gasteiger partial charge in [0.1, 0.15) is 0 Å². The largest absolute Gasteiger partial charge is 0.389 e. The Morgan fingerprint density at radius 2 is 2.25 bits per heavy atom. The van der Waals surface area contributed by atoms with E-state index in [0.717, 1.165) is 13.0 Å². The number of aliphatic hydroxyl groups excluding tert-OH is 1. The average Bonchev–Trinajstić information content (AvgIpc) is 2.70. The van der Waals surface area contributed by atoms with E-state index in [1.54, 1.807) is 0 Å². The number of β-amino-alcohol motifs (C(OH)–C–C–N with tert-alkyl or cyclic N) is 1. The van der Waals surface area contributed by atoms with Crippen molar-refractivity contribution in [3.63, 3.8) is 0 Å². The first-order valence-corrected chi connectivity index (χ1v) is 5.90. The number of para-hydroxylation sites is 1. The van der Waals surface area contributed by atoms with Crippen LogP contribution in [-0.2, 0) is 11.2 Å². The van der Waals surface area contributed by atoms with Crippen LogP contribution in [0.15, 0.2) is 24.3 Å². The minimum Gasteiger partial charge on any atom is -0.389 e. The maximum atomic E-state index is 9.80. The van der Waals surface area contributed by atoms with Crippen LogP contribution in [0.3, 0.4) is 0 Å². The van der Waals surface area contributed by atoms with Gasteiger partial charge >= 0.3 is 0 Å². The third-order valence-electron chi connectivity index (χ3n) is 2.93. The van der Waals surface area contributed by atoms with Crippen LogP contribution in [-0.4, -0.2) is 37.5 Å². The van der Waals surface area contributed by atoms with E-state index < -0.39 is 6.10 Å². The Morgan fingerprint density at radius 3 is 3.06 bits per heavy atom. The first-order valence-electron chi connectivity index (χ1n) is 5.90. The highest BCUT2D eigenvalue weighted by molar-refractivity contribution is 5.57. The van der Waals surface area contributed by atoms with Crippen molar-refractivity contribution in [2.75, 3.05) is 31.2 Å². The Balaban J connectivity index is 1.92. The van der Waals surface area contributed by atoms with Gasteiger partial charge in [0.25, 0.3) is 0 Å². The van der Waals surface area contributed by atoms with Gasteiger partial charge in [0.05, 0.1) is 12.7 Å². The van der Waals surface area contributed by atoms with Crippen molar-refractivity contribution >= 4 is 5.69 Å². The molecule has 16 heavy (non-hydrogen) atoms. The normalized spacial score (nSPS) is 16.2. The Kier molecular flexibility index (Phi) is 3.80. The maximum absolute atomic E-state index is 9.80. The summed E-state index contributed by atoms with van der Waals surface area (Å²) in [6.07, 6.45) is 0.684. The Labute approximate surface area is 96.6 Å². The second kappa shape index (κ2) is 5.32. The fourth-order valence-corrected chi connectivity index (χ4v) is 2.16. The third-order valence-corrected chi connectivity index (χ3v) is 2.93. The van der Waals surface area contributed by atoms with Crippen molar-refractivity contribution in [1.82, 2.24) is 0 Å². The van der Waals surface area contributed by atoms with E-state index in [-0.39, 0.29) is 0 Å². The topological polar surface area (TPSA) is 32.7 Å². The van der Waals surface area contributed by atoms with Crippen molar-refractivity contribution in [2.45, 2.75) is 19.4 Å². The number of hydrogen-bond acceptors (Lipinski definition) is 3. The standard InChI is InChI=1S/C13H19NO2/c1-2-16-10-12(15)9-14-8-7-11-5-3-4-6-13(11)14/h3-6,12,15H,2,7-10H2,1H3. The minimum absolute atomic E-state index is 0.397. The number of aliphatic hydroxyl groups is 1. The number of fused-ring (bicyclic) bond motifs is 1. The predicted molar refractivity (Wildman–Crippen MR) is 64.9 cm³/mol. The quantitative estimate of drug-likeness (QED) is 0.816. The van der Waals surface area contributed by atoms with E-state index >= 15 is 0 Å². The third kappa shape index (κ3) is 2.54. The van der Waals surface area contributed by atoms with Crippen LogP contribution in [0.1, 0.15) is 12.5 Å². The molecule has 0 radical (unpaired) electrons. The number of hydrogen-bond donors (Lipinski definition) is 1. The summed E-state index contributed by atoms with van der Waals surface area (Å²) in [7, 11) is 0. The first-order chi connectivity index (χ1) is 7.81. The van der Waals surface area contributed by atoms with Gasteiger partial charge in [-0.25, -0.2) is 0 Å². The van der Waals surface area contributed by atoms with Gasteiger partial charge in [0.15, 0.2) is 0 Å². The summed E-state index contributed by atoms with van der Waals surface area (Å²) in [5.41, 5.74) is 2.64. The Bertz CT molecular complexity index is 340. The fourth-order valence-electron chi connectivity index (χ4n) is 2.16. The second-order valence-corrected chi connectivity index (χ2v) is 4.14. The summed E-state index contributed by atoms with van der Waals surface area (Å²) in [6.45, 7) is 4.69. The monoisotopic (exact) mass is 221 g/mol. The van der Waals surface area contributed by atoms with Crippen LogP contribution >= 0.6 is 0 Å². The minimum atomic E-state index is -0.397. The molecular formula is C13H19NO2. The van der Waals surface area contributed by atoms with Crippen molar-refractivity contribution < 1.29 is 9.84 Å². The molecule has 0 saturated carbocycles. The fraction of sp³-hybridized carbons (Fsp3) is 0.538. The molecule has 1 unspecified atom stereocenters. The van der Waals surface area contributed by atoms with Crippen LogP contribution in [0.25, 0.3) is 0 Å². The van der Waals surface area contributed by atoms with Crippen molar-refractivity contribution in [3.8, 4) is 0 Å². The molecule has 1 aromatic rings. The molecule has 88 valence electrons. The van der Waals surface area contributed by atoms with Gasteiger partial charge in [0, 0.05) is 25.4 Å². The van der Waals surface area contributed by atoms with Crippen LogP contribution in [0.4, 0.5) is 5.69 Å². The molecule has 1 atom stereocenters. The Hall–Kier alpha value is -1.06. The van der Waals surface area contributed by atoms with E-state index in [0.29, 0.717) is 19.8 Å². The number of ether oxygens (including phenoxy) is 1. The number of anilines is 1. The van der Waals surface area contributed by atoms with Crippen LogP contribution < -0.4 is 4.90 Å². The molecule has 0 amide bonds. The van der Waals surface area contributed by atoms with E-state index in [4.69, 9.17) is 4.74 Å². The van der Waals surface area contributed by atoms with E-state index in [1.165, 1.54) is 11.3 Å². The summed E-state index contributed by atoms with van der Waals surface area (Å²) in [4.78, 5) is 2.24. The molecule has 2 rings (SSSR count). The summed E-state index contributed by atoms with van der Waals surface area (Å²) >= 11 is 0. The number of rotatable bonds is 5. The zero-order chi connectivity index (χ0) is 11.4. The number of benzene rings is 1. The molecule has 0 spiro atoms. The molecule has 1 heterocycles. The van der Waals surface area contributed by atoms with Gasteiger partial charge in [-0.05, 0) is 25.0 Å². The summed E-state index contributed by atoms with van der Waals surface area (Å²) in [5.74, 6) is 0. The Morgan fingerprint density at radius 1 is 1.44 bits per heavy atom. The SMILES string of the molecule is CCOCC(O)CN1CCc2ccccc21. The van der Waals surface area contributed by atoms with E-state index in [1.807, 2.05) is 13.0 Å². The molecule has 0 aromatic heterocycles. The molecule has 0 bridgehead atoms. The lowest BCUT2D eigenvalue weighted by Gasteiger charge is -2.22. The summed E-state index contributed by atoms with van der Waals surface area (Å²) in [5, 5.41) is 9.80. The van der Waals surface area contributed by atoms with Crippen LogP contribution in [0.5, 0.6) is 0 Å². The average molecular weight is 221 g/mol. The number of nitrogens with zero attached hydrogens (tertiary/aromatic N) is 1. The molecule has 0 fully saturated rings. The van der Waals surface area contributed by atoms with Crippen LogP contribution in [0, 0.1) is 0 Å². The van der Waals surface area contributed by atoms with Crippen molar-refractivity contribution in [2.24, 2.45) is 0 Å². The lowest BCUT2D eigenvalue weighted by Crippen LogP contribution is -2.33. The van der Waals surface area contributed by atoms with E-state index in [2.05, 4.69) is 23.1 Å². The van der Waals surface area contributed by atoms with Gasteiger partial charge in [-0.3, -0.25) is 0 Å². The molecule has 1 N–H and O–H groups in total.